The molecule has 0 saturated carbocycles. The largest absolute Gasteiger partial charge is 0.478 e. The van der Waals surface area contributed by atoms with Crippen molar-refractivity contribution in [1.82, 2.24) is 0 Å². The lowest BCUT2D eigenvalue weighted by Crippen LogP contribution is -2.13. The fourth-order valence-electron chi connectivity index (χ4n) is 1.24. The first kappa shape index (κ1) is 12.2. The topological polar surface area (TPSA) is 37.3 Å². The summed E-state index contributed by atoms with van der Waals surface area (Å²) in [5, 5.41) is 8.58. The lowest BCUT2D eigenvalue weighted by atomic mass is 10.0. The number of halogens is 4. The molecule has 0 radical (unpaired) electrons. The van der Waals surface area contributed by atoms with Crippen LogP contribution in [0.4, 0.5) is 17.6 Å². The van der Waals surface area contributed by atoms with Gasteiger partial charge in [0.1, 0.15) is 5.56 Å². The second-order valence-corrected chi connectivity index (χ2v) is 2.91. The van der Waals surface area contributed by atoms with Crippen molar-refractivity contribution in [2.24, 2.45) is 0 Å². The van der Waals surface area contributed by atoms with Crippen LogP contribution in [0.5, 0.6) is 0 Å². The highest BCUT2D eigenvalue weighted by molar-refractivity contribution is 5.90. The van der Waals surface area contributed by atoms with Gasteiger partial charge < -0.3 is 5.11 Å². The fourth-order valence-corrected chi connectivity index (χ4v) is 1.24. The van der Waals surface area contributed by atoms with Gasteiger partial charge in [-0.05, 0) is 6.42 Å². The van der Waals surface area contributed by atoms with Crippen LogP contribution in [-0.4, -0.2) is 11.1 Å². The summed E-state index contributed by atoms with van der Waals surface area (Å²) in [7, 11) is 0. The molecule has 0 aliphatic heterocycles. The minimum Gasteiger partial charge on any atom is -0.478 e. The summed E-state index contributed by atoms with van der Waals surface area (Å²) in [6.45, 7) is 3.18. The summed E-state index contributed by atoms with van der Waals surface area (Å²) in [5.41, 5.74) is -1.98. The third-order valence-electron chi connectivity index (χ3n) is 1.93. The van der Waals surface area contributed by atoms with E-state index in [0.717, 1.165) is 6.08 Å². The molecule has 2 nitrogen and oxygen atoms in total. The molecule has 16 heavy (non-hydrogen) atoms. The Morgan fingerprint density at radius 2 is 1.62 bits per heavy atom. The first-order chi connectivity index (χ1) is 7.41. The van der Waals surface area contributed by atoms with E-state index in [9.17, 15) is 22.4 Å². The second kappa shape index (κ2) is 4.34. The highest BCUT2D eigenvalue weighted by Gasteiger charge is 2.28. The van der Waals surface area contributed by atoms with Crippen LogP contribution in [-0.2, 0) is 6.42 Å². The van der Waals surface area contributed by atoms with Crippen LogP contribution < -0.4 is 0 Å². The fraction of sp³-hybridized carbons (Fsp3) is 0.100. The molecule has 0 atom stereocenters. The van der Waals surface area contributed by atoms with Crippen molar-refractivity contribution >= 4 is 5.97 Å². The Kier molecular flexibility index (Phi) is 3.31. The van der Waals surface area contributed by atoms with Crippen molar-refractivity contribution in [2.75, 3.05) is 0 Å². The number of carboxylic acids is 1. The zero-order valence-electron chi connectivity index (χ0n) is 7.86. The predicted molar refractivity (Wildman–Crippen MR) is 47.1 cm³/mol. The average Bonchev–Trinajstić information content (AvgIpc) is 2.23. The van der Waals surface area contributed by atoms with Crippen LogP contribution in [0.2, 0.25) is 0 Å². The van der Waals surface area contributed by atoms with E-state index in [-0.39, 0.29) is 0 Å². The maximum atomic E-state index is 13.2. The van der Waals surface area contributed by atoms with Crippen molar-refractivity contribution in [1.29, 1.82) is 0 Å². The molecule has 0 heterocycles. The van der Waals surface area contributed by atoms with Crippen LogP contribution >= 0.6 is 0 Å². The van der Waals surface area contributed by atoms with Gasteiger partial charge in [0.15, 0.2) is 23.3 Å². The molecule has 1 rings (SSSR count). The predicted octanol–water partition coefficient (Wildman–Crippen LogP) is 2.67. The number of hydrogen-bond acceptors (Lipinski definition) is 1. The molecular weight excluding hydrogens is 228 g/mol. The van der Waals surface area contributed by atoms with E-state index in [0.29, 0.717) is 0 Å². The molecule has 0 unspecified atom stereocenters. The van der Waals surface area contributed by atoms with Crippen LogP contribution in [0.1, 0.15) is 15.9 Å². The molecule has 1 N–H and O–H groups in total. The van der Waals surface area contributed by atoms with Crippen LogP contribution in [0.15, 0.2) is 12.7 Å². The summed E-state index contributed by atoms with van der Waals surface area (Å²) >= 11 is 0. The van der Waals surface area contributed by atoms with Gasteiger partial charge in [0.05, 0.1) is 0 Å². The Morgan fingerprint density at radius 1 is 1.12 bits per heavy atom. The van der Waals surface area contributed by atoms with Gasteiger partial charge in [0.2, 0.25) is 0 Å². The first-order valence-corrected chi connectivity index (χ1v) is 4.10. The molecule has 0 amide bonds. The molecule has 0 fully saturated rings. The summed E-state index contributed by atoms with van der Waals surface area (Å²) in [6, 6.07) is 0. The standard InChI is InChI=1S/C10H6F4O2/c1-2-3-4-5(10(15)16)7(12)9(14)8(13)6(4)11/h2H,1,3H2,(H,15,16). The SMILES string of the molecule is C=CCc1c(F)c(F)c(F)c(F)c1C(=O)O. The molecule has 86 valence electrons. The molecule has 1 aromatic carbocycles. The summed E-state index contributed by atoms with van der Waals surface area (Å²) < 4.78 is 51.8. The Balaban J connectivity index is 3.68. The maximum absolute atomic E-state index is 13.2. The minimum atomic E-state index is -2.14. The maximum Gasteiger partial charge on any atom is 0.339 e. The number of hydrogen-bond donors (Lipinski definition) is 1. The third kappa shape index (κ3) is 1.78. The van der Waals surface area contributed by atoms with Gasteiger partial charge in [-0.1, -0.05) is 6.08 Å². The Morgan fingerprint density at radius 3 is 2.06 bits per heavy atom. The first-order valence-electron chi connectivity index (χ1n) is 4.10. The van der Waals surface area contributed by atoms with Gasteiger partial charge in [-0.3, -0.25) is 0 Å². The molecular formula is C10H6F4O2. The second-order valence-electron chi connectivity index (χ2n) is 2.91. The number of aromatic carboxylic acids is 1. The van der Waals surface area contributed by atoms with Gasteiger partial charge in [0, 0.05) is 5.56 Å². The third-order valence-corrected chi connectivity index (χ3v) is 1.93. The van der Waals surface area contributed by atoms with Gasteiger partial charge in [-0.2, -0.15) is 0 Å². The van der Waals surface area contributed by atoms with Crippen LogP contribution in [0.3, 0.4) is 0 Å². The van der Waals surface area contributed by atoms with E-state index in [2.05, 4.69) is 6.58 Å². The number of carboxylic acid groups (broad SMARTS) is 1. The minimum absolute atomic E-state index is 0.415. The van der Waals surface area contributed by atoms with E-state index in [1.54, 1.807) is 0 Å². The average molecular weight is 234 g/mol. The monoisotopic (exact) mass is 234 g/mol. The van der Waals surface area contributed by atoms with Gasteiger partial charge >= 0.3 is 5.97 Å². The smallest absolute Gasteiger partial charge is 0.339 e. The van der Waals surface area contributed by atoms with Crippen molar-refractivity contribution in [3.8, 4) is 0 Å². The summed E-state index contributed by atoms with van der Waals surface area (Å²) in [6.07, 6.45) is 0.642. The molecule has 1 aromatic rings. The lowest BCUT2D eigenvalue weighted by molar-refractivity contribution is 0.0688. The highest BCUT2D eigenvalue weighted by Crippen LogP contribution is 2.24. The summed E-state index contributed by atoms with van der Waals surface area (Å²) in [4.78, 5) is 10.6. The zero-order valence-corrected chi connectivity index (χ0v) is 7.86. The van der Waals surface area contributed by atoms with Crippen LogP contribution in [0.25, 0.3) is 0 Å². The lowest BCUT2D eigenvalue weighted by Gasteiger charge is -2.08. The molecule has 0 aliphatic carbocycles. The normalized spacial score (nSPS) is 10.2. The molecule has 6 heteroatoms. The van der Waals surface area contributed by atoms with E-state index >= 15 is 0 Å². The van der Waals surface area contributed by atoms with Crippen molar-refractivity contribution in [3.63, 3.8) is 0 Å². The van der Waals surface area contributed by atoms with Gasteiger partial charge in [-0.25, -0.2) is 22.4 Å². The Labute approximate surface area is 87.8 Å². The quantitative estimate of drug-likeness (QED) is 0.378. The number of rotatable bonds is 3. The molecule has 0 saturated heterocycles. The van der Waals surface area contributed by atoms with E-state index in [1.807, 2.05) is 0 Å². The van der Waals surface area contributed by atoms with Crippen molar-refractivity contribution in [2.45, 2.75) is 6.42 Å². The molecule has 0 aromatic heterocycles. The van der Waals surface area contributed by atoms with E-state index < -0.39 is 46.8 Å². The number of benzene rings is 1. The van der Waals surface area contributed by atoms with Gasteiger partial charge in [-0.15, -0.1) is 6.58 Å². The van der Waals surface area contributed by atoms with Crippen LogP contribution in [0, 0.1) is 23.3 Å². The Hall–Kier alpha value is -1.85. The van der Waals surface area contributed by atoms with Crippen molar-refractivity contribution in [3.05, 3.63) is 47.1 Å². The van der Waals surface area contributed by atoms with Crippen molar-refractivity contribution < 1.29 is 27.5 Å². The molecule has 0 bridgehead atoms. The van der Waals surface area contributed by atoms with E-state index in [1.165, 1.54) is 0 Å². The highest BCUT2D eigenvalue weighted by atomic mass is 19.2. The van der Waals surface area contributed by atoms with Gasteiger partial charge in [0.25, 0.3) is 0 Å². The molecule has 0 spiro atoms. The Bertz CT molecular complexity index is 469. The summed E-state index contributed by atoms with van der Waals surface area (Å²) in [5.74, 6) is -9.66. The van der Waals surface area contributed by atoms with E-state index in [4.69, 9.17) is 5.11 Å². The number of allylic oxidation sites excluding steroid dienone is 1. The molecule has 0 aliphatic rings. The zero-order chi connectivity index (χ0) is 12.5. The number of carbonyl (C=O) groups is 1.